The van der Waals surface area contributed by atoms with E-state index in [1.165, 1.54) is 11.3 Å². The second kappa shape index (κ2) is 3.04. The third-order valence-electron chi connectivity index (χ3n) is 1.63. The van der Waals surface area contributed by atoms with E-state index in [0.717, 1.165) is 10.8 Å². The van der Waals surface area contributed by atoms with Crippen LogP contribution in [0.15, 0.2) is 5.38 Å². The van der Waals surface area contributed by atoms with Gasteiger partial charge in [-0.15, -0.1) is 11.3 Å². The molecule has 1 saturated heterocycles. The third kappa shape index (κ3) is 1.54. The first-order chi connectivity index (χ1) is 6.16. The fourth-order valence-corrected chi connectivity index (χ4v) is 2.19. The molecule has 0 aromatic carbocycles. The van der Waals surface area contributed by atoms with E-state index >= 15 is 0 Å². The lowest BCUT2D eigenvalue weighted by atomic mass is 10.6. The van der Waals surface area contributed by atoms with Gasteiger partial charge in [0, 0.05) is 5.38 Å². The molecule has 0 spiro atoms. The van der Waals surface area contributed by atoms with Crippen molar-refractivity contribution in [2.24, 2.45) is 0 Å². The molecule has 1 N–H and O–H groups in total. The van der Waals surface area contributed by atoms with Crippen molar-refractivity contribution in [2.45, 2.75) is 6.92 Å². The molecule has 13 heavy (non-hydrogen) atoms. The monoisotopic (exact) mass is 213 g/mol. The van der Waals surface area contributed by atoms with Crippen molar-refractivity contribution >= 4 is 39.7 Å². The van der Waals surface area contributed by atoms with Crippen LogP contribution >= 0.6 is 23.6 Å². The van der Waals surface area contributed by atoms with Gasteiger partial charge in [0.1, 0.15) is 6.54 Å². The minimum atomic E-state index is -0.0714. The molecule has 1 aromatic rings. The number of aryl methyl sites for hydroxylation is 1. The topological polar surface area (TPSA) is 45.2 Å². The first-order valence-electron chi connectivity index (χ1n) is 3.70. The van der Waals surface area contributed by atoms with Gasteiger partial charge in [0.25, 0.3) is 0 Å². The molecule has 0 bridgehead atoms. The highest BCUT2D eigenvalue weighted by Gasteiger charge is 2.26. The standard InChI is InChI=1S/C7H7N3OS2/c1-4-3-13-7(8-4)10-2-5(11)9-6(10)12/h3H,2H2,1H3,(H,9,11,12). The normalized spacial score (nSPS) is 16.5. The lowest BCUT2D eigenvalue weighted by Gasteiger charge is -2.09. The molecule has 1 fully saturated rings. The number of nitrogens with one attached hydrogen (secondary N) is 1. The number of thiocarbonyl (C=S) groups is 1. The van der Waals surface area contributed by atoms with Gasteiger partial charge in [0.2, 0.25) is 5.91 Å². The molecule has 68 valence electrons. The first-order valence-corrected chi connectivity index (χ1v) is 4.99. The van der Waals surface area contributed by atoms with E-state index in [2.05, 4.69) is 10.3 Å². The van der Waals surface area contributed by atoms with Crippen LogP contribution in [0.3, 0.4) is 0 Å². The summed E-state index contributed by atoms with van der Waals surface area (Å²) in [5.74, 6) is -0.0714. The minimum absolute atomic E-state index is 0.0714. The van der Waals surface area contributed by atoms with Crippen molar-refractivity contribution in [3.8, 4) is 0 Å². The highest BCUT2D eigenvalue weighted by atomic mass is 32.1. The number of rotatable bonds is 1. The number of anilines is 1. The van der Waals surface area contributed by atoms with Crippen molar-refractivity contribution in [1.29, 1.82) is 0 Å². The van der Waals surface area contributed by atoms with Crippen molar-refractivity contribution < 1.29 is 4.79 Å². The average molecular weight is 213 g/mol. The Morgan fingerprint density at radius 2 is 2.54 bits per heavy atom. The zero-order valence-corrected chi connectivity index (χ0v) is 8.54. The van der Waals surface area contributed by atoms with E-state index in [-0.39, 0.29) is 12.5 Å². The second-order valence-corrected chi connectivity index (χ2v) is 3.93. The molecule has 4 nitrogen and oxygen atoms in total. The molecule has 0 aliphatic carbocycles. The number of carbonyl (C=O) groups excluding carboxylic acids is 1. The van der Waals surface area contributed by atoms with Gasteiger partial charge in [-0.05, 0) is 19.1 Å². The molecule has 6 heteroatoms. The summed E-state index contributed by atoms with van der Waals surface area (Å²) in [6.07, 6.45) is 0. The number of hydrogen-bond donors (Lipinski definition) is 1. The molecule has 0 saturated carbocycles. The number of aromatic nitrogens is 1. The zero-order chi connectivity index (χ0) is 9.42. The maximum absolute atomic E-state index is 11.0. The van der Waals surface area contributed by atoms with Gasteiger partial charge in [-0.1, -0.05) is 0 Å². The van der Waals surface area contributed by atoms with E-state index in [9.17, 15) is 4.79 Å². The lowest BCUT2D eigenvalue weighted by Crippen LogP contribution is -2.27. The van der Waals surface area contributed by atoms with E-state index in [0.29, 0.717) is 5.11 Å². The summed E-state index contributed by atoms with van der Waals surface area (Å²) in [7, 11) is 0. The first kappa shape index (κ1) is 8.58. The molecule has 1 amide bonds. The van der Waals surface area contributed by atoms with Gasteiger partial charge in [-0.3, -0.25) is 9.69 Å². The highest BCUT2D eigenvalue weighted by molar-refractivity contribution is 7.80. The van der Waals surface area contributed by atoms with Gasteiger partial charge < -0.3 is 5.32 Å². The third-order valence-corrected chi connectivity index (χ3v) is 2.93. The number of carbonyl (C=O) groups is 1. The summed E-state index contributed by atoms with van der Waals surface area (Å²) in [5.41, 5.74) is 0.946. The lowest BCUT2D eigenvalue weighted by molar-refractivity contribution is -0.117. The van der Waals surface area contributed by atoms with Gasteiger partial charge >= 0.3 is 0 Å². The molecule has 0 atom stereocenters. The minimum Gasteiger partial charge on any atom is -0.301 e. The summed E-state index contributed by atoms with van der Waals surface area (Å²) >= 11 is 6.46. The number of hydrogen-bond acceptors (Lipinski definition) is 4. The predicted octanol–water partition coefficient (Wildman–Crippen LogP) is 0.673. The Morgan fingerprint density at radius 1 is 1.77 bits per heavy atom. The van der Waals surface area contributed by atoms with Crippen LogP contribution in [0.4, 0.5) is 5.13 Å². The van der Waals surface area contributed by atoms with Crippen LogP contribution < -0.4 is 10.2 Å². The van der Waals surface area contributed by atoms with Crippen LogP contribution in [0.5, 0.6) is 0 Å². The van der Waals surface area contributed by atoms with Crippen LogP contribution in [-0.4, -0.2) is 22.5 Å². The number of thiazole rings is 1. The molecule has 1 aromatic heterocycles. The Balaban J connectivity index is 2.27. The Labute approximate surface area is 84.6 Å². The fraction of sp³-hybridized carbons (Fsp3) is 0.286. The molecular weight excluding hydrogens is 206 g/mol. The molecule has 2 heterocycles. The Hall–Kier alpha value is -1.01. The summed E-state index contributed by atoms with van der Waals surface area (Å²) in [4.78, 5) is 16.9. The summed E-state index contributed by atoms with van der Waals surface area (Å²) in [6, 6.07) is 0. The van der Waals surface area contributed by atoms with E-state index in [1.54, 1.807) is 4.90 Å². The van der Waals surface area contributed by atoms with Gasteiger partial charge in [-0.2, -0.15) is 0 Å². The Bertz CT molecular complexity index is 374. The van der Waals surface area contributed by atoms with E-state index < -0.39 is 0 Å². The smallest absolute Gasteiger partial charge is 0.246 e. The molecule has 0 radical (unpaired) electrons. The van der Waals surface area contributed by atoms with Crippen molar-refractivity contribution in [1.82, 2.24) is 10.3 Å². The predicted molar refractivity (Wildman–Crippen MR) is 54.9 cm³/mol. The van der Waals surface area contributed by atoms with Crippen LogP contribution in [0.1, 0.15) is 5.69 Å². The molecule has 1 aliphatic rings. The SMILES string of the molecule is Cc1csc(N2CC(=O)NC2=S)n1. The van der Waals surface area contributed by atoms with Crippen LogP contribution in [0.2, 0.25) is 0 Å². The van der Waals surface area contributed by atoms with Crippen molar-refractivity contribution in [2.75, 3.05) is 11.4 Å². The summed E-state index contributed by atoms with van der Waals surface area (Å²) in [6.45, 7) is 2.19. The molecule has 2 rings (SSSR count). The largest absolute Gasteiger partial charge is 0.301 e. The Morgan fingerprint density at radius 3 is 3.00 bits per heavy atom. The average Bonchev–Trinajstić information content (AvgIpc) is 2.58. The molecule has 1 aliphatic heterocycles. The van der Waals surface area contributed by atoms with Crippen molar-refractivity contribution in [3.05, 3.63) is 11.1 Å². The van der Waals surface area contributed by atoms with E-state index in [4.69, 9.17) is 12.2 Å². The molecule has 0 unspecified atom stereocenters. The van der Waals surface area contributed by atoms with Crippen molar-refractivity contribution in [3.63, 3.8) is 0 Å². The highest BCUT2D eigenvalue weighted by Crippen LogP contribution is 2.21. The maximum atomic E-state index is 11.0. The quantitative estimate of drug-likeness (QED) is 0.697. The van der Waals surface area contributed by atoms with E-state index in [1.807, 2.05) is 12.3 Å². The van der Waals surface area contributed by atoms with Crippen LogP contribution in [0.25, 0.3) is 0 Å². The number of nitrogens with zero attached hydrogens (tertiary/aromatic N) is 2. The number of amides is 1. The van der Waals surface area contributed by atoms with Gasteiger partial charge in [0.15, 0.2) is 10.2 Å². The second-order valence-electron chi connectivity index (χ2n) is 2.71. The maximum Gasteiger partial charge on any atom is 0.246 e. The fourth-order valence-electron chi connectivity index (χ4n) is 1.06. The van der Waals surface area contributed by atoms with Crippen LogP contribution in [0, 0.1) is 6.92 Å². The zero-order valence-electron chi connectivity index (χ0n) is 6.90. The summed E-state index contributed by atoms with van der Waals surface area (Å²) in [5, 5.41) is 5.71. The van der Waals surface area contributed by atoms with Crippen LogP contribution in [-0.2, 0) is 4.79 Å². The Kier molecular flexibility index (Phi) is 2.01. The van der Waals surface area contributed by atoms with Gasteiger partial charge in [-0.25, -0.2) is 4.98 Å². The summed E-state index contributed by atoms with van der Waals surface area (Å²) < 4.78 is 0. The van der Waals surface area contributed by atoms with Gasteiger partial charge in [0.05, 0.1) is 5.69 Å². The molecular formula is C7H7N3OS2.